The fourth-order valence-corrected chi connectivity index (χ4v) is 5.16. The summed E-state index contributed by atoms with van der Waals surface area (Å²) in [5.74, 6) is 0.621. The first-order valence-electron chi connectivity index (χ1n) is 10.6. The van der Waals surface area contributed by atoms with Crippen molar-refractivity contribution in [1.82, 2.24) is 4.57 Å². The van der Waals surface area contributed by atoms with Crippen molar-refractivity contribution < 1.29 is 19.0 Å². The van der Waals surface area contributed by atoms with Gasteiger partial charge >= 0.3 is 5.97 Å². The number of fused-ring (bicyclic) bond motifs is 1. The van der Waals surface area contributed by atoms with Gasteiger partial charge in [0, 0.05) is 5.02 Å². The molecule has 0 aliphatic carbocycles. The highest BCUT2D eigenvalue weighted by atomic mass is 35.5. The Kier molecular flexibility index (Phi) is 6.90. The molecule has 0 fully saturated rings. The van der Waals surface area contributed by atoms with Crippen LogP contribution in [-0.4, -0.2) is 31.4 Å². The molecule has 9 heteroatoms. The average Bonchev–Trinajstić information content (AvgIpc) is 3.13. The molecular weight excluding hydrogens is 476 g/mol. The van der Waals surface area contributed by atoms with Crippen molar-refractivity contribution in [1.29, 1.82) is 0 Å². The van der Waals surface area contributed by atoms with Crippen LogP contribution < -0.4 is 24.4 Å². The molecule has 2 heterocycles. The van der Waals surface area contributed by atoms with Gasteiger partial charge in [-0.15, -0.1) is 0 Å². The van der Waals surface area contributed by atoms with Crippen LogP contribution in [0.4, 0.5) is 0 Å². The number of esters is 1. The zero-order chi connectivity index (χ0) is 24.4. The van der Waals surface area contributed by atoms with E-state index in [1.807, 2.05) is 12.1 Å². The largest absolute Gasteiger partial charge is 0.493 e. The molecule has 0 N–H and O–H groups in total. The van der Waals surface area contributed by atoms with Crippen LogP contribution in [0.1, 0.15) is 31.0 Å². The number of carbonyl (C=O) groups is 1. The zero-order valence-electron chi connectivity index (χ0n) is 19.1. The smallest absolute Gasteiger partial charge is 0.338 e. The van der Waals surface area contributed by atoms with Gasteiger partial charge in [0.2, 0.25) is 0 Å². The number of hydrogen-bond donors (Lipinski definition) is 0. The van der Waals surface area contributed by atoms with E-state index in [2.05, 4.69) is 4.99 Å². The Balaban J connectivity index is 1.95. The minimum absolute atomic E-state index is 0.203. The molecule has 0 unspecified atom stereocenters. The van der Waals surface area contributed by atoms with Crippen molar-refractivity contribution in [3.8, 4) is 11.5 Å². The van der Waals surface area contributed by atoms with E-state index in [9.17, 15) is 9.59 Å². The molecular formula is C25H23ClN2O5S. The zero-order valence-corrected chi connectivity index (χ0v) is 20.7. The maximum Gasteiger partial charge on any atom is 0.338 e. The topological polar surface area (TPSA) is 79.1 Å². The van der Waals surface area contributed by atoms with E-state index in [4.69, 9.17) is 25.8 Å². The van der Waals surface area contributed by atoms with Crippen molar-refractivity contribution in [2.45, 2.75) is 19.9 Å². The molecule has 34 heavy (non-hydrogen) atoms. The molecule has 176 valence electrons. The lowest BCUT2D eigenvalue weighted by molar-refractivity contribution is -0.139. The number of nitrogens with zero attached hydrogens (tertiary/aromatic N) is 2. The minimum atomic E-state index is -0.753. The Labute approximate surface area is 205 Å². The molecule has 1 aromatic heterocycles. The van der Waals surface area contributed by atoms with Crippen molar-refractivity contribution in [2.75, 3.05) is 20.8 Å². The molecule has 0 spiro atoms. The number of halogens is 1. The third-order valence-electron chi connectivity index (χ3n) is 5.42. The van der Waals surface area contributed by atoms with Crippen LogP contribution in [0.5, 0.6) is 11.5 Å². The minimum Gasteiger partial charge on any atom is -0.493 e. The van der Waals surface area contributed by atoms with Gasteiger partial charge in [0.1, 0.15) is 6.04 Å². The second kappa shape index (κ2) is 9.87. The summed E-state index contributed by atoms with van der Waals surface area (Å²) in [5, 5.41) is 0.443. The van der Waals surface area contributed by atoms with Crippen LogP contribution in [0.3, 0.4) is 0 Å². The highest BCUT2D eigenvalue weighted by Gasteiger charge is 2.34. The summed E-state index contributed by atoms with van der Waals surface area (Å²) >= 11 is 7.76. The molecule has 1 atom stereocenters. The van der Waals surface area contributed by atoms with E-state index in [1.165, 1.54) is 15.9 Å². The molecule has 1 aliphatic rings. The van der Waals surface area contributed by atoms with Gasteiger partial charge in [0.05, 0.1) is 36.6 Å². The SMILES string of the molecule is CCOC(=O)C1=C(C)N=c2s/c(=C\c3ccc(OC)c(OC)c3)c(=O)n2[C@@H]1c1ccccc1Cl. The standard InChI is InChI=1S/C25H23ClN2O5S/c1-5-33-24(30)21-14(2)27-25-28(22(21)16-8-6-7-9-17(16)26)23(29)20(34-25)13-15-10-11-18(31-3)19(12-15)32-4/h6-13,22H,5H2,1-4H3/b20-13-/t22-/m1/s1. The molecule has 0 amide bonds. The maximum absolute atomic E-state index is 13.6. The predicted molar refractivity (Wildman–Crippen MR) is 131 cm³/mol. The third-order valence-corrected chi connectivity index (χ3v) is 6.75. The summed E-state index contributed by atoms with van der Waals surface area (Å²) in [6, 6.07) is 11.8. The normalized spacial score (nSPS) is 15.6. The number of methoxy groups -OCH3 is 2. The summed E-state index contributed by atoms with van der Waals surface area (Å²) in [6.45, 7) is 3.67. The van der Waals surface area contributed by atoms with E-state index in [1.54, 1.807) is 64.5 Å². The van der Waals surface area contributed by atoms with E-state index in [0.717, 1.165) is 5.56 Å². The molecule has 0 bridgehead atoms. The molecule has 2 aromatic carbocycles. The summed E-state index contributed by atoms with van der Waals surface area (Å²) < 4.78 is 17.9. The lowest BCUT2D eigenvalue weighted by Crippen LogP contribution is -2.40. The maximum atomic E-state index is 13.6. The van der Waals surface area contributed by atoms with Gasteiger partial charge in [-0.3, -0.25) is 9.36 Å². The highest BCUT2D eigenvalue weighted by Crippen LogP contribution is 2.34. The van der Waals surface area contributed by atoms with Gasteiger partial charge in [-0.25, -0.2) is 9.79 Å². The summed E-state index contributed by atoms with van der Waals surface area (Å²) in [7, 11) is 3.12. The van der Waals surface area contributed by atoms with Crippen molar-refractivity contribution >= 4 is 35.0 Å². The van der Waals surface area contributed by atoms with Crippen molar-refractivity contribution in [3.05, 3.63) is 89.6 Å². The lowest BCUT2D eigenvalue weighted by Gasteiger charge is -2.25. The van der Waals surface area contributed by atoms with Crippen molar-refractivity contribution in [3.63, 3.8) is 0 Å². The summed E-state index contributed by atoms with van der Waals surface area (Å²) in [4.78, 5) is 31.6. The van der Waals surface area contributed by atoms with Gasteiger partial charge < -0.3 is 14.2 Å². The van der Waals surface area contributed by atoms with Gasteiger partial charge in [-0.1, -0.05) is 47.2 Å². The second-order valence-corrected chi connectivity index (χ2v) is 8.85. The van der Waals surface area contributed by atoms with Crippen LogP contribution in [0, 0.1) is 0 Å². The molecule has 7 nitrogen and oxygen atoms in total. The van der Waals surface area contributed by atoms with E-state index < -0.39 is 12.0 Å². The highest BCUT2D eigenvalue weighted by molar-refractivity contribution is 7.07. The average molecular weight is 499 g/mol. The fourth-order valence-electron chi connectivity index (χ4n) is 3.88. The fraction of sp³-hybridized carbons (Fsp3) is 0.240. The predicted octanol–water partition coefficient (Wildman–Crippen LogP) is 3.47. The Bertz CT molecular complexity index is 1470. The number of aromatic nitrogens is 1. The van der Waals surface area contributed by atoms with E-state index >= 15 is 0 Å². The molecule has 0 radical (unpaired) electrons. The quantitative estimate of drug-likeness (QED) is 0.486. The third kappa shape index (κ3) is 4.26. The van der Waals surface area contributed by atoms with Gasteiger partial charge in [-0.2, -0.15) is 0 Å². The first kappa shape index (κ1) is 23.8. The van der Waals surface area contributed by atoms with Crippen LogP contribution in [0.15, 0.2) is 63.5 Å². The molecule has 3 aromatic rings. The molecule has 4 rings (SSSR count). The van der Waals surface area contributed by atoms with Crippen LogP contribution >= 0.6 is 22.9 Å². The Morgan fingerprint density at radius 3 is 2.59 bits per heavy atom. The van der Waals surface area contributed by atoms with Crippen LogP contribution in [0.25, 0.3) is 6.08 Å². The summed E-state index contributed by atoms with van der Waals surface area (Å²) in [6.07, 6.45) is 1.76. The van der Waals surface area contributed by atoms with Crippen molar-refractivity contribution in [2.24, 2.45) is 4.99 Å². The molecule has 0 saturated heterocycles. The summed E-state index contributed by atoms with van der Waals surface area (Å²) in [5.41, 5.74) is 1.89. The molecule has 1 aliphatic heterocycles. The molecule has 0 saturated carbocycles. The number of benzene rings is 2. The van der Waals surface area contributed by atoms with Gasteiger partial charge in [0.25, 0.3) is 5.56 Å². The lowest BCUT2D eigenvalue weighted by atomic mass is 9.96. The first-order valence-corrected chi connectivity index (χ1v) is 11.7. The number of allylic oxidation sites excluding steroid dienone is 1. The van der Waals surface area contributed by atoms with E-state index in [0.29, 0.717) is 42.7 Å². The Morgan fingerprint density at radius 1 is 1.18 bits per heavy atom. The van der Waals surface area contributed by atoms with Gasteiger partial charge in [0.15, 0.2) is 16.3 Å². The Morgan fingerprint density at radius 2 is 1.91 bits per heavy atom. The second-order valence-electron chi connectivity index (χ2n) is 7.44. The number of ether oxygens (including phenoxy) is 3. The monoisotopic (exact) mass is 498 g/mol. The van der Waals surface area contributed by atoms with Crippen LogP contribution in [0.2, 0.25) is 5.02 Å². The van der Waals surface area contributed by atoms with E-state index in [-0.39, 0.29) is 12.2 Å². The van der Waals surface area contributed by atoms with Crippen LogP contribution in [-0.2, 0) is 9.53 Å². The first-order chi connectivity index (χ1) is 16.4. The number of thiazole rings is 1. The number of carbonyl (C=O) groups excluding carboxylic acids is 1. The van der Waals surface area contributed by atoms with Gasteiger partial charge in [-0.05, 0) is 49.2 Å². The number of rotatable bonds is 6. The number of hydrogen-bond acceptors (Lipinski definition) is 7. The Hall–Kier alpha value is -3.36.